The van der Waals surface area contributed by atoms with Crippen LogP contribution in [0, 0.1) is 0 Å². The molecule has 6 heteroatoms. The molecule has 0 saturated carbocycles. The highest BCUT2D eigenvalue weighted by Gasteiger charge is 2.33. The van der Waals surface area contributed by atoms with E-state index in [2.05, 4.69) is 5.32 Å². The van der Waals surface area contributed by atoms with Crippen molar-refractivity contribution in [3.05, 3.63) is 24.3 Å². The number of benzene rings is 1. The Bertz CT molecular complexity index is 489. The van der Waals surface area contributed by atoms with E-state index in [0.29, 0.717) is 18.0 Å². The minimum absolute atomic E-state index is 0.00188. The first-order chi connectivity index (χ1) is 9.13. The number of fused-ring (bicyclic) bond motifs is 1. The molecule has 0 bridgehead atoms. The smallest absolute Gasteiger partial charge is 0.346 e. The lowest BCUT2D eigenvalue weighted by Crippen LogP contribution is -2.50. The quantitative estimate of drug-likeness (QED) is 0.866. The summed E-state index contributed by atoms with van der Waals surface area (Å²) in [5.41, 5.74) is 0.591. The zero-order valence-corrected chi connectivity index (χ0v) is 10.6. The molecule has 1 aromatic rings. The Labute approximate surface area is 111 Å². The highest BCUT2D eigenvalue weighted by molar-refractivity contribution is 5.95. The summed E-state index contributed by atoms with van der Waals surface area (Å²) < 4.78 is 5.36. The molecule has 102 valence electrons. The van der Waals surface area contributed by atoms with Crippen molar-refractivity contribution in [2.24, 2.45) is 0 Å². The van der Waals surface area contributed by atoms with Crippen molar-refractivity contribution in [1.29, 1.82) is 0 Å². The van der Waals surface area contributed by atoms with Gasteiger partial charge in [-0.2, -0.15) is 0 Å². The number of para-hydroxylation sites is 2. The lowest BCUT2D eigenvalue weighted by atomic mass is 10.2. The van der Waals surface area contributed by atoms with Crippen LogP contribution in [0.5, 0.6) is 5.75 Å². The first kappa shape index (κ1) is 13.2. The number of urea groups is 1. The Hall–Kier alpha value is -2.24. The molecule has 1 unspecified atom stereocenters. The monoisotopic (exact) mass is 264 g/mol. The van der Waals surface area contributed by atoms with Crippen LogP contribution >= 0.6 is 0 Å². The van der Waals surface area contributed by atoms with Crippen LogP contribution in [0.2, 0.25) is 0 Å². The van der Waals surface area contributed by atoms with Gasteiger partial charge in [-0.1, -0.05) is 19.1 Å². The van der Waals surface area contributed by atoms with Gasteiger partial charge in [0.2, 0.25) is 6.10 Å². The number of rotatable bonds is 3. The Kier molecular flexibility index (Phi) is 3.89. The molecule has 1 aliphatic heterocycles. The number of carbonyl (C=O) groups is 2. The van der Waals surface area contributed by atoms with Crippen LogP contribution in [0.15, 0.2) is 24.3 Å². The minimum atomic E-state index is -1.08. The molecule has 0 aromatic heterocycles. The molecule has 1 aliphatic rings. The van der Waals surface area contributed by atoms with Gasteiger partial charge in [-0.05, 0) is 18.6 Å². The third-order valence-electron chi connectivity index (χ3n) is 2.82. The fraction of sp³-hybridized carbons (Fsp3) is 0.385. The summed E-state index contributed by atoms with van der Waals surface area (Å²) >= 11 is 0. The molecule has 2 N–H and O–H groups in total. The first-order valence-electron chi connectivity index (χ1n) is 6.17. The average molecular weight is 264 g/mol. The molecule has 1 heterocycles. The van der Waals surface area contributed by atoms with Crippen molar-refractivity contribution in [2.45, 2.75) is 19.4 Å². The van der Waals surface area contributed by atoms with Crippen LogP contribution in [0.1, 0.15) is 13.3 Å². The maximum atomic E-state index is 12.1. The SMILES string of the molecule is CCCNC(=O)N1CC(C(=O)O)Oc2ccccc21. The molecule has 6 nitrogen and oxygen atoms in total. The number of carboxylic acid groups (broad SMARTS) is 1. The number of carboxylic acids is 1. The maximum Gasteiger partial charge on any atom is 0.346 e. The molecule has 0 radical (unpaired) electrons. The van der Waals surface area contributed by atoms with Crippen molar-refractivity contribution < 1.29 is 19.4 Å². The van der Waals surface area contributed by atoms with E-state index < -0.39 is 12.1 Å². The highest BCUT2D eigenvalue weighted by Crippen LogP contribution is 2.33. The lowest BCUT2D eigenvalue weighted by Gasteiger charge is -2.32. The van der Waals surface area contributed by atoms with E-state index in [4.69, 9.17) is 9.84 Å². The number of aliphatic carboxylic acids is 1. The van der Waals surface area contributed by atoms with Gasteiger partial charge in [0.05, 0.1) is 12.2 Å². The van der Waals surface area contributed by atoms with E-state index in [1.54, 1.807) is 24.3 Å². The zero-order chi connectivity index (χ0) is 13.8. The van der Waals surface area contributed by atoms with Gasteiger partial charge >= 0.3 is 12.0 Å². The molecular weight excluding hydrogens is 248 g/mol. The summed E-state index contributed by atoms with van der Waals surface area (Å²) in [6, 6.07) is 6.61. The number of carbonyl (C=O) groups excluding carboxylic acids is 1. The summed E-state index contributed by atoms with van der Waals surface area (Å²) in [6.45, 7) is 2.51. The molecule has 1 atom stereocenters. The molecule has 0 aliphatic carbocycles. The topological polar surface area (TPSA) is 78.9 Å². The Morgan fingerprint density at radius 2 is 2.21 bits per heavy atom. The first-order valence-corrected chi connectivity index (χ1v) is 6.17. The molecule has 1 aromatic carbocycles. The van der Waals surface area contributed by atoms with Crippen molar-refractivity contribution in [1.82, 2.24) is 5.32 Å². The van der Waals surface area contributed by atoms with Crippen molar-refractivity contribution in [3.63, 3.8) is 0 Å². The number of hydrogen-bond acceptors (Lipinski definition) is 3. The van der Waals surface area contributed by atoms with Gasteiger partial charge < -0.3 is 15.2 Å². The largest absolute Gasteiger partial charge is 0.478 e. The fourth-order valence-corrected chi connectivity index (χ4v) is 1.88. The van der Waals surface area contributed by atoms with Crippen LogP contribution in [-0.4, -0.2) is 36.3 Å². The summed E-state index contributed by atoms with van der Waals surface area (Å²) in [7, 11) is 0. The van der Waals surface area contributed by atoms with E-state index in [9.17, 15) is 9.59 Å². The van der Waals surface area contributed by atoms with E-state index in [0.717, 1.165) is 6.42 Å². The molecular formula is C13H16N2O4. The molecule has 19 heavy (non-hydrogen) atoms. The van der Waals surface area contributed by atoms with Gasteiger partial charge in [0.25, 0.3) is 0 Å². The molecule has 2 rings (SSSR count). The average Bonchev–Trinajstić information content (AvgIpc) is 2.43. The Morgan fingerprint density at radius 3 is 2.89 bits per heavy atom. The molecule has 0 spiro atoms. The number of nitrogens with zero attached hydrogens (tertiary/aromatic N) is 1. The predicted octanol–water partition coefficient (Wildman–Crippen LogP) is 1.46. The number of hydrogen-bond donors (Lipinski definition) is 2. The standard InChI is InChI=1S/C13H16N2O4/c1-2-7-14-13(18)15-8-11(12(16)17)19-10-6-4-3-5-9(10)15/h3-6,11H,2,7-8H2,1H3,(H,14,18)(H,16,17). The van der Waals surface area contributed by atoms with Crippen molar-refractivity contribution in [3.8, 4) is 5.75 Å². The lowest BCUT2D eigenvalue weighted by molar-refractivity contribution is -0.144. The van der Waals surface area contributed by atoms with E-state index in [1.807, 2.05) is 6.92 Å². The summed E-state index contributed by atoms with van der Waals surface area (Å²) in [5, 5.41) is 11.8. The van der Waals surface area contributed by atoms with Gasteiger partial charge in [0.15, 0.2) is 0 Å². The summed E-state index contributed by atoms with van der Waals surface area (Å²) in [6.07, 6.45) is -0.220. The fourth-order valence-electron chi connectivity index (χ4n) is 1.88. The number of ether oxygens (including phenoxy) is 1. The highest BCUT2D eigenvalue weighted by atomic mass is 16.5. The van der Waals surface area contributed by atoms with Gasteiger partial charge in [-0.3, -0.25) is 4.90 Å². The van der Waals surface area contributed by atoms with Crippen LogP contribution in [-0.2, 0) is 4.79 Å². The van der Waals surface area contributed by atoms with Crippen molar-refractivity contribution >= 4 is 17.7 Å². The summed E-state index contributed by atoms with van der Waals surface area (Å²) in [4.78, 5) is 24.5. The molecule has 0 saturated heterocycles. The van der Waals surface area contributed by atoms with Crippen LogP contribution in [0.25, 0.3) is 0 Å². The van der Waals surface area contributed by atoms with E-state index in [-0.39, 0.29) is 12.6 Å². The predicted molar refractivity (Wildman–Crippen MR) is 69.5 cm³/mol. The third kappa shape index (κ3) is 2.78. The number of amides is 2. The second kappa shape index (κ2) is 5.60. The van der Waals surface area contributed by atoms with Crippen LogP contribution in [0.3, 0.4) is 0 Å². The second-order valence-corrected chi connectivity index (χ2v) is 4.25. The zero-order valence-electron chi connectivity index (χ0n) is 10.6. The minimum Gasteiger partial charge on any atom is -0.478 e. The van der Waals surface area contributed by atoms with Gasteiger partial charge in [0, 0.05) is 6.54 Å². The van der Waals surface area contributed by atoms with Crippen LogP contribution < -0.4 is 15.0 Å². The Balaban J connectivity index is 2.26. The maximum absolute atomic E-state index is 12.1. The molecule has 2 amide bonds. The van der Waals surface area contributed by atoms with Crippen molar-refractivity contribution in [2.75, 3.05) is 18.0 Å². The number of nitrogens with one attached hydrogen (secondary N) is 1. The summed E-state index contributed by atoms with van der Waals surface area (Å²) in [5.74, 6) is -0.671. The normalized spacial score (nSPS) is 17.3. The Morgan fingerprint density at radius 1 is 1.47 bits per heavy atom. The van der Waals surface area contributed by atoms with Crippen LogP contribution in [0.4, 0.5) is 10.5 Å². The second-order valence-electron chi connectivity index (χ2n) is 4.25. The van der Waals surface area contributed by atoms with Gasteiger partial charge in [-0.15, -0.1) is 0 Å². The van der Waals surface area contributed by atoms with E-state index in [1.165, 1.54) is 4.90 Å². The third-order valence-corrected chi connectivity index (χ3v) is 2.82. The van der Waals surface area contributed by atoms with E-state index >= 15 is 0 Å². The number of anilines is 1. The molecule has 0 fully saturated rings. The van der Waals surface area contributed by atoms with Gasteiger partial charge in [0.1, 0.15) is 5.75 Å². The van der Waals surface area contributed by atoms with Gasteiger partial charge in [-0.25, -0.2) is 9.59 Å².